The van der Waals surface area contributed by atoms with Crippen LogP contribution < -0.4 is 5.32 Å². The highest BCUT2D eigenvalue weighted by molar-refractivity contribution is 6.30. The Bertz CT molecular complexity index is 900. The first-order chi connectivity index (χ1) is 14.3. The summed E-state index contributed by atoms with van der Waals surface area (Å²) in [6, 6.07) is 15.4. The lowest BCUT2D eigenvalue weighted by Gasteiger charge is -2.52. The van der Waals surface area contributed by atoms with Crippen molar-refractivity contribution in [2.45, 2.75) is 63.7 Å². The van der Waals surface area contributed by atoms with Crippen molar-refractivity contribution in [1.82, 2.24) is 5.32 Å². The summed E-state index contributed by atoms with van der Waals surface area (Å²) in [5.74, 6) is 1.00. The van der Waals surface area contributed by atoms with Gasteiger partial charge in [0.15, 0.2) is 0 Å². The zero-order valence-corrected chi connectivity index (χ0v) is 19.0. The minimum atomic E-state index is -0.320. The largest absolute Gasteiger partial charge is 0.370 e. The molecule has 1 saturated carbocycles. The summed E-state index contributed by atoms with van der Waals surface area (Å²) in [5, 5.41) is 4.79. The Kier molecular flexibility index (Phi) is 6.43. The maximum absolute atomic E-state index is 13.0. The summed E-state index contributed by atoms with van der Waals surface area (Å²) in [5.41, 5.74) is 1.73. The van der Waals surface area contributed by atoms with E-state index in [0.29, 0.717) is 28.3 Å². The molecule has 5 heteroatoms. The van der Waals surface area contributed by atoms with Crippen molar-refractivity contribution in [1.29, 1.82) is 0 Å². The fourth-order valence-electron chi connectivity index (χ4n) is 5.20. The molecular weight excluding hydrogens is 417 g/mol. The normalized spacial score (nSPS) is 31.1. The van der Waals surface area contributed by atoms with Gasteiger partial charge in [-0.05, 0) is 61.1 Å². The molecule has 2 aliphatic rings. The van der Waals surface area contributed by atoms with Crippen LogP contribution in [0.4, 0.5) is 0 Å². The summed E-state index contributed by atoms with van der Waals surface area (Å²) < 4.78 is 6.59. The second-order valence-corrected chi connectivity index (χ2v) is 10.1. The average Bonchev–Trinajstić information content (AvgIpc) is 2.69. The molecule has 4 rings (SSSR count). The Labute approximate surface area is 189 Å². The Hall–Kier alpha value is -1.55. The number of nitrogens with one attached hydrogen (secondary N) is 1. The molecule has 160 valence electrons. The molecule has 0 unspecified atom stereocenters. The lowest BCUT2D eigenvalue weighted by molar-refractivity contribution is -0.153. The van der Waals surface area contributed by atoms with Gasteiger partial charge in [0, 0.05) is 27.9 Å². The van der Waals surface area contributed by atoms with Crippen molar-refractivity contribution in [3.05, 3.63) is 69.7 Å². The van der Waals surface area contributed by atoms with Crippen LogP contribution in [0.1, 0.15) is 56.8 Å². The van der Waals surface area contributed by atoms with Crippen LogP contribution in [0.3, 0.4) is 0 Å². The molecule has 0 bridgehead atoms. The summed E-state index contributed by atoms with van der Waals surface area (Å²) in [7, 11) is 0. The molecule has 1 saturated heterocycles. The van der Waals surface area contributed by atoms with Crippen molar-refractivity contribution >= 4 is 29.1 Å². The standard InChI is InChI=1S/C25H29Cl2NO2/c1-16-6-11-21-22(12-16)30-23(18-4-3-5-20(27)14-18)15-25(21,2)28-24(29)13-17-7-9-19(26)10-8-17/h3-5,7-10,14,16,21-23H,6,11-13,15H2,1-2H3,(H,28,29)/t16-,21-,22-,23-,25-/m0/s1. The van der Waals surface area contributed by atoms with Crippen molar-refractivity contribution in [2.75, 3.05) is 0 Å². The van der Waals surface area contributed by atoms with Crippen LogP contribution in [0.5, 0.6) is 0 Å². The highest BCUT2D eigenvalue weighted by Gasteiger charge is 2.49. The molecule has 3 nitrogen and oxygen atoms in total. The second-order valence-electron chi connectivity index (χ2n) is 9.22. The third-order valence-electron chi connectivity index (χ3n) is 6.74. The van der Waals surface area contributed by atoms with E-state index in [-0.39, 0.29) is 23.7 Å². The molecule has 5 atom stereocenters. The first-order valence-electron chi connectivity index (χ1n) is 10.8. The number of amides is 1. The van der Waals surface area contributed by atoms with Gasteiger partial charge < -0.3 is 10.1 Å². The number of hydrogen-bond acceptors (Lipinski definition) is 2. The number of fused-ring (bicyclic) bond motifs is 1. The van der Waals surface area contributed by atoms with E-state index in [9.17, 15) is 4.79 Å². The third kappa shape index (κ3) is 4.85. The summed E-state index contributed by atoms with van der Waals surface area (Å²) in [4.78, 5) is 13.0. The first-order valence-corrected chi connectivity index (χ1v) is 11.5. The number of benzene rings is 2. The van der Waals surface area contributed by atoms with Gasteiger partial charge in [-0.2, -0.15) is 0 Å². The van der Waals surface area contributed by atoms with Crippen molar-refractivity contribution in [3.63, 3.8) is 0 Å². The number of hydrogen-bond donors (Lipinski definition) is 1. The van der Waals surface area contributed by atoms with Gasteiger partial charge in [0.1, 0.15) is 0 Å². The minimum absolute atomic E-state index is 0.0453. The van der Waals surface area contributed by atoms with Crippen LogP contribution in [0.2, 0.25) is 10.0 Å². The van der Waals surface area contributed by atoms with Gasteiger partial charge >= 0.3 is 0 Å². The van der Waals surface area contributed by atoms with Crippen LogP contribution in [0.15, 0.2) is 48.5 Å². The fraction of sp³-hybridized carbons (Fsp3) is 0.480. The van der Waals surface area contributed by atoms with E-state index in [0.717, 1.165) is 30.4 Å². The molecule has 2 aromatic carbocycles. The number of carbonyl (C=O) groups is 1. The van der Waals surface area contributed by atoms with Crippen LogP contribution in [0.25, 0.3) is 0 Å². The molecule has 0 radical (unpaired) electrons. The first kappa shape index (κ1) is 21.7. The lowest BCUT2D eigenvalue weighted by Crippen LogP contribution is -2.60. The van der Waals surface area contributed by atoms with Crippen molar-refractivity contribution < 1.29 is 9.53 Å². The van der Waals surface area contributed by atoms with Gasteiger partial charge in [0.05, 0.1) is 18.6 Å². The second kappa shape index (κ2) is 8.90. The number of carbonyl (C=O) groups excluding carboxylic acids is 1. The van der Waals surface area contributed by atoms with Crippen molar-refractivity contribution in [2.24, 2.45) is 11.8 Å². The number of ether oxygens (including phenoxy) is 1. The van der Waals surface area contributed by atoms with Gasteiger partial charge in [-0.25, -0.2) is 0 Å². The van der Waals surface area contributed by atoms with E-state index in [1.165, 1.54) is 6.42 Å². The Morgan fingerprint density at radius 2 is 1.90 bits per heavy atom. The zero-order chi connectivity index (χ0) is 21.3. The predicted molar refractivity (Wildman–Crippen MR) is 122 cm³/mol. The lowest BCUT2D eigenvalue weighted by atomic mass is 9.66. The highest BCUT2D eigenvalue weighted by atomic mass is 35.5. The highest BCUT2D eigenvalue weighted by Crippen LogP contribution is 2.48. The predicted octanol–water partition coefficient (Wildman–Crippen LogP) is 6.38. The topological polar surface area (TPSA) is 38.3 Å². The maximum atomic E-state index is 13.0. The number of halogens is 2. The maximum Gasteiger partial charge on any atom is 0.224 e. The van der Waals surface area contributed by atoms with Gasteiger partial charge in [0.25, 0.3) is 0 Å². The van der Waals surface area contributed by atoms with Crippen LogP contribution in [-0.4, -0.2) is 17.6 Å². The molecule has 1 aliphatic heterocycles. The fourth-order valence-corrected chi connectivity index (χ4v) is 5.53. The molecule has 2 aromatic rings. The molecule has 0 spiro atoms. The van der Waals surface area contributed by atoms with E-state index in [4.69, 9.17) is 27.9 Å². The van der Waals surface area contributed by atoms with E-state index in [1.54, 1.807) is 0 Å². The van der Waals surface area contributed by atoms with Crippen molar-refractivity contribution in [3.8, 4) is 0 Å². The van der Waals surface area contributed by atoms with Gasteiger partial charge in [-0.1, -0.05) is 60.8 Å². The molecular formula is C25H29Cl2NO2. The minimum Gasteiger partial charge on any atom is -0.370 e. The molecule has 30 heavy (non-hydrogen) atoms. The van der Waals surface area contributed by atoms with E-state index < -0.39 is 0 Å². The zero-order valence-electron chi connectivity index (χ0n) is 17.5. The van der Waals surface area contributed by atoms with E-state index in [2.05, 4.69) is 25.2 Å². The summed E-state index contributed by atoms with van der Waals surface area (Å²) >= 11 is 12.2. The third-order valence-corrected chi connectivity index (χ3v) is 7.23. The SMILES string of the molecule is C[C@H]1CC[C@H]2[C@H](C1)O[C@H](c1cccc(Cl)c1)C[C@]2(C)NC(=O)Cc1ccc(Cl)cc1. The Morgan fingerprint density at radius 3 is 2.63 bits per heavy atom. The van der Waals surface area contributed by atoms with Gasteiger partial charge in [-0.15, -0.1) is 0 Å². The quantitative estimate of drug-likeness (QED) is 0.592. The monoisotopic (exact) mass is 445 g/mol. The Morgan fingerprint density at radius 1 is 1.13 bits per heavy atom. The molecule has 0 aromatic heterocycles. The molecule has 1 amide bonds. The van der Waals surface area contributed by atoms with Crippen LogP contribution in [0, 0.1) is 11.8 Å². The number of rotatable bonds is 4. The summed E-state index contributed by atoms with van der Waals surface area (Å²) in [6.45, 7) is 4.49. The van der Waals surface area contributed by atoms with E-state index in [1.807, 2.05) is 42.5 Å². The van der Waals surface area contributed by atoms with Gasteiger partial charge in [0.2, 0.25) is 5.91 Å². The molecule has 1 heterocycles. The smallest absolute Gasteiger partial charge is 0.224 e. The average molecular weight is 446 g/mol. The molecule has 2 fully saturated rings. The van der Waals surface area contributed by atoms with Crippen LogP contribution >= 0.6 is 23.2 Å². The van der Waals surface area contributed by atoms with Crippen LogP contribution in [-0.2, 0) is 16.0 Å². The molecule has 1 aliphatic carbocycles. The van der Waals surface area contributed by atoms with Gasteiger partial charge in [-0.3, -0.25) is 4.79 Å². The summed E-state index contributed by atoms with van der Waals surface area (Å²) in [6.07, 6.45) is 4.45. The Balaban J connectivity index is 1.55. The molecule has 1 N–H and O–H groups in total. The van der Waals surface area contributed by atoms with E-state index >= 15 is 0 Å².